The van der Waals surface area contributed by atoms with Gasteiger partial charge in [-0.3, -0.25) is 9.79 Å². The van der Waals surface area contributed by atoms with Crippen LogP contribution >= 0.6 is 0 Å². The molecule has 1 amide bonds. The van der Waals surface area contributed by atoms with Crippen molar-refractivity contribution in [1.29, 1.82) is 0 Å². The number of carbonyl (C=O) groups is 1. The molecule has 1 aromatic heterocycles. The number of hydrogen-bond acceptors (Lipinski definition) is 5. The molecular formula is C20H19N5O3S. The van der Waals surface area contributed by atoms with Crippen LogP contribution in [-0.2, 0) is 15.4 Å². The molecule has 1 unspecified atom stereocenters. The number of sulfonamides is 1. The second kappa shape index (κ2) is 6.64. The number of aromatic nitrogens is 2. The predicted molar refractivity (Wildman–Crippen MR) is 111 cm³/mol. The summed E-state index contributed by atoms with van der Waals surface area (Å²) >= 11 is 0. The number of nitrogens with two attached hydrogens (primary N) is 2. The van der Waals surface area contributed by atoms with Crippen LogP contribution in [0.1, 0.15) is 29.4 Å². The zero-order valence-electron chi connectivity index (χ0n) is 15.6. The Kier molecular flexibility index (Phi) is 4.36. The van der Waals surface area contributed by atoms with Crippen LogP contribution in [0.4, 0.5) is 0 Å². The maximum atomic E-state index is 11.9. The van der Waals surface area contributed by atoms with Crippen LogP contribution in [0.2, 0.25) is 0 Å². The first-order chi connectivity index (χ1) is 13.7. The molecule has 29 heavy (non-hydrogen) atoms. The number of fused-ring (bicyclic) bond motifs is 1. The smallest absolute Gasteiger partial charge is 0.269 e. The first-order valence-electron chi connectivity index (χ1n) is 8.85. The summed E-state index contributed by atoms with van der Waals surface area (Å²) in [5.41, 5.74) is 7.64. The van der Waals surface area contributed by atoms with E-state index in [2.05, 4.69) is 17.0 Å². The Morgan fingerprint density at radius 2 is 1.90 bits per heavy atom. The van der Waals surface area contributed by atoms with Crippen LogP contribution in [0, 0.1) is 0 Å². The minimum absolute atomic E-state index is 0.00811. The summed E-state index contributed by atoms with van der Waals surface area (Å²) in [5, 5.41) is 10.2. The summed E-state index contributed by atoms with van der Waals surface area (Å²) in [6, 6.07) is 11.7. The van der Waals surface area contributed by atoms with Crippen molar-refractivity contribution < 1.29 is 13.2 Å². The molecule has 0 fully saturated rings. The molecule has 1 aliphatic rings. The van der Waals surface area contributed by atoms with Gasteiger partial charge in [0.2, 0.25) is 10.0 Å². The molecule has 1 atom stereocenters. The third-order valence-corrected chi connectivity index (χ3v) is 6.01. The van der Waals surface area contributed by atoms with Crippen molar-refractivity contribution in [1.82, 2.24) is 9.78 Å². The minimum Gasteiger partial charge on any atom is -0.364 e. The van der Waals surface area contributed by atoms with Gasteiger partial charge >= 0.3 is 0 Å². The van der Waals surface area contributed by atoms with Gasteiger partial charge in [0.15, 0.2) is 5.69 Å². The Balaban J connectivity index is 1.91. The Bertz CT molecular complexity index is 1290. The average molecular weight is 409 g/mol. The highest BCUT2D eigenvalue weighted by molar-refractivity contribution is 7.89. The van der Waals surface area contributed by atoms with Crippen LogP contribution in [0.5, 0.6) is 0 Å². The van der Waals surface area contributed by atoms with Crippen LogP contribution in [0.25, 0.3) is 16.6 Å². The van der Waals surface area contributed by atoms with Gasteiger partial charge in [-0.2, -0.15) is 5.10 Å². The second-order valence-electron chi connectivity index (χ2n) is 7.18. The zero-order valence-corrected chi connectivity index (χ0v) is 16.4. The quantitative estimate of drug-likeness (QED) is 0.682. The fourth-order valence-electron chi connectivity index (χ4n) is 3.44. The van der Waals surface area contributed by atoms with Crippen LogP contribution in [0.15, 0.2) is 64.6 Å². The number of hydrogen-bond donors (Lipinski definition) is 2. The lowest BCUT2D eigenvalue weighted by Gasteiger charge is -2.26. The summed E-state index contributed by atoms with van der Waals surface area (Å²) in [6.07, 6.45) is 6.46. The van der Waals surface area contributed by atoms with Gasteiger partial charge in [0, 0.05) is 23.2 Å². The van der Waals surface area contributed by atoms with Gasteiger partial charge in [0.05, 0.1) is 16.1 Å². The van der Waals surface area contributed by atoms with Crippen LogP contribution in [-0.4, -0.2) is 30.3 Å². The fraction of sp³-hybridized carbons (Fsp3) is 0.150. The maximum absolute atomic E-state index is 11.9. The Labute approximate surface area is 167 Å². The van der Waals surface area contributed by atoms with Crippen molar-refractivity contribution in [3.63, 3.8) is 0 Å². The van der Waals surface area contributed by atoms with Gasteiger partial charge in [0.25, 0.3) is 5.91 Å². The minimum atomic E-state index is -3.81. The predicted octanol–water partition coefficient (Wildman–Crippen LogP) is 2.02. The molecule has 8 nitrogen and oxygen atoms in total. The molecule has 0 radical (unpaired) electrons. The molecule has 1 aliphatic heterocycles. The van der Waals surface area contributed by atoms with Gasteiger partial charge in [-0.15, -0.1) is 0 Å². The monoisotopic (exact) mass is 409 g/mol. The zero-order chi connectivity index (χ0) is 20.8. The Morgan fingerprint density at radius 3 is 2.48 bits per heavy atom. The lowest BCUT2D eigenvalue weighted by atomic mass is 9.79. The van der Waals surface area contributed by atoms with Crippen molar-refractivity contribution in [3.05, 3.63) is 66.0 Å². The van der Waals surface area contributed by atoms with Crippen molar-refractivity contribution in [2.45, 2.75) is 23.7 Å². The van der Waals surface area contributed by atoms with Gasteiger partial charge in [-0.1, -0.05) is 25.1 Å². The van der Waals surface area contributed by atoms with Gasteiger partial charge in [-0.05, 0) is 42.3 Å². The molecule has 0 saturated carbocycles. The highest BCUT2D eigenvalue weighted by atomic mass is 32.2. The Hall–Kier alpha value is -3.30. The SMILES string of the molecule is CC1(c2ccc3c(C(N)=O)nn(-c4ccc(S(N)(=O)=O)cc4)c3c2)C=NC=CC1. The maximum Gasteiger partial charge on any atom is 0.269 e. The Morgan fingerprint density at radius 1 is 1.17 bits per heavy atom. The molecule has 0 aliphatic carbocycles. The summed E-state index contributed by atoms with van der Waals surface area (Å²) in [5.74, 6) is -0.643. The van der Waals surface area contributed by atoms with E-state index < -0.39 is 15.9 Å². The molecule has 148 valence electrons. The van der Waals surface area contributed by atoms with E-state index in [0.717, 1.165) is 12.0 Å². The molecule has 2 heterocycles. The molecule has 2 aromatic carbocycles. The normalized spacial score (nSPS) is 19.0. The number of primary sulfonamides is 1. The summed E-state index contributed by atoms with van der Waals surface area (Å²) < 4.78 is 24.6. The second-order valence-corrected chi connectivity index (χ2v) is 8.74. The molecule has 0 saturated heterocycles. The van der Waals surface area contributed by atoms with Crippen LogP contribution in [0.3, 0.4) is 0 Å². The van der Waals surface area contributed by atoms with Gasteiger partial charge in [0.1, 0.15) is 0 Å². The van der Waals surface area contributed by atoms with Crippen LogP contribution < -0.4 is 10.9 Å². The van der Waals surface area contributed by atoms with Crippen molar-refractivity contribution in [2.75, 3.05) is 0 Å². The number of rotatable bonds is 4. The van der Waals surface area contributed by atoms with E-state index >= 15 is 0 Å². The van der Waals surface area contributed by atoms with E-state index in [4.69, 9.17) is 10.9 Å². The highest BCUT2D eigenvalue weighted by Crippen LogP contribution is 2.32. The molecule has 3 aromatic rings. The fourth-order valence-corrected chi connectivity index (χ4v) is 3.95. The number of carbonyl (C=O) groups excluding carboxylic acids is 1. The first kappa shape index (κ1) is 19.0. The topological polar surface area (TPSA) is 133 Å². The summed E-state index contributed by atoms with van der Waals surface area (Å²) in [7, 11) is -3.81. The lowest BCUT2D eigenvalue weighted by molar-refractivity contribution is 0.0996. The molecule has 0 spiro atoms. The third kappa shape index (κ3) is 3.34. The summed E-state index contributed by atoms with van der Waals surface area (Å²) in [4.78, 5) is 16.2. The number of nitrogens with zero attached hydrogens (tertiary/aromatic N) is 3. The van der Waals surface area contributed by atoms with E-state index in [1.165, 1.54) is 12.1 Å². The molecule has 4 N–H and O–H groups in total. The third-order valence-electron chi connectivity index (χ3n) is 5.08. The van der Waals surface area contributed by atoms with E-state index in [9.17, 15) is 13.2 Å². The number of allylic oxidation sites excluding steroid dienone is 1. The van der Waals surface area contributed by atoms with Gasteiger partial charge in [-0.25, -0.2) is 18.2 Å². The van der Waals surface area contributed by atoms with E-state index in [-0.39, 0.29) is 16.0 Å². The molecule has 0 bridgehead atoms. The first-order valence-corrected chi connectivity index (χ1v) is 10.4. The number of benzene rings is 2. The summed E-state index contributed by atoms with van der Waals surface area (Å²) in [6.45, 7) is 2.08. The molecular weight excluding hydrogens is 390 g/mol. The highest BCUT2D eigenvalue weighted by Gasteiger charge is 2.26. The van der Waals surface area contributed by atoms with E-state index in [1.807, 2.05) is 30.5 Å². The number of amides is 1. The molecule has 4 rings (SSSR count). The lowest BCUT2D eigenvalue weighted by Crippen LogP contribution is -2.24. The van der Waals surface area contributed by atoms with E-state index in [0.29, 0.717) is 16.6 Å². The number of aliphatic imine (C=N–C) groups is 1. The van der Waals surface area contributed by atoms with Crippen molar-refractivity contribution in [2.24, 2.45) is 15.9 Å². The van der Waals surface area contributed by atoms with Crippen molar-refractivity contribution >= 4 is 33.0 Å². The molecule has 9 heteroatoms. The van der Waals surface area contributed by atoms with Crippen molar-refractivity contribution in [3.8, 4) is 5.69 Å². The van der Waals surface area contributed by atoms with Gasteiger partial charge < -0.3 is 5.73 Å². The largest absolute Gasteiger partial charge is 0.364 e. The standard InChI is InChI=1S/C20H19N5O3S/c1-20(9-2-10-23-12-20)13-3-8-16-17(11-13)25(24-18(16)19(21)26)14-4-6-15(7-5-14)29(22,27)28/h2-8,10-12H,9H2,1H3,(H2,21,26)(H2,22,27,28). The van der Waals surface area contributed by atoms with E-state index in [1.54, 1.807) is 23.0 Å². The average Bonchev–Trinajstić information content (AvgIpc) is 3.07. The number of primary amides is 1.